The van der Waals surface area contributed by atoms with Gasteiger partial charge in [-0.2, -0.15) is 11.8 Å². The predicted molar refractivity (Wildman–Crippen MR) is 111 cm³/mol. The number of carbonyl (C=O) groups excluding carboxylic acids is 2. The number of halogens is 1. The molecule has 0 saturated carbocycles. The third-order valence-corrected chi connectivity index (χ3v) is 5.34. The van der Waals surface area contributed by atoms with Gasteiger partial charge in [0.25, 0.3) is 5.91 Å². The predicted octanol–water partition coefficient (Wildman–Crippen LogP) is 4.18. The number of hydrogen-bond acceptors (Lipinski definition) is 3. The Morgan fingerprint density at radius 3 is 2.35 bits per heavy atom. The number of thioether (sulfide) groups is 1. The van der Waals surface area contributed by atoms with Crippen LogP contribution in [0.15, 0.2) is 59.1 Å². The summed E-state index contributed by atoms with van der Waals surface area (Å²) in [4.78, 5) is 25.3. The first kappa shape index (κ1) is 20.5. The molecular weight excluding hydrogens is 412 g/mol. The quantitative estimate of drug-likeness (QED) is 0.654. The molecule has 4 nitrogen and oxygen atoms in total. The molecule has 0 aliphatic heterocycles. The Hall–Kier alpha value is -1.79. The first-order valence-electron chi connectivity index (χ1n) is 8.42. The summed E-state index contributed by atoms with van der Waals surface area (Å²) < 4.78 is 0.708. The normalized spacial score (nSPS) is 12.9. The van der Waals surface area contributed by atoms with E-state index in [1.54, 1.807) is 23.9 Å². The van der Waals surface area contributed by atoms with Crippen LogP contribution in [-0.4, -0.2) is 29.9 Å². The van der Waals surface area contributed by atoms with Gasteiger partial charge in [0.1, 0.15) is 6.04 Å². The summed E-state index contributed by atoms with van der Waals surface area (Å²) in [5.74, 6) is 0.357. The van der Waals surface area contributed by atoms with E-state index in [0.29, 0.717) is 16.5 Å². The highest BCUT2D eigenvalue weighted by molar-refractivity contribution is 9.10. The van der Waals surface area contributed by atoms with E-state index in [2.05, 4.69) is 26.6 Å². The maximum absolute atomic E-state index is 12.7. The minimum Gasteiger partial charge on any atom is -0.348 e. The lowest BCUT2D eigenvalue weighted by Gasteiger charge is -2.22. The van der Waals surface area contributed by atoms with Gasteiger partial charge in [-0.1, -0.05) is 42.5 Å². The maximum Gasteiger partial charge on any atom is 0.253 e. The molecule has 2 unspecified atom stereocenters. The molecular formula is C20H23BrN2O2S. The van der Waals surface area contributed by atoms with Crippen molar-refractivity contribution in [2.75, 3.05) is 12.0 Å². The van der Waals surface area contributed by atoms with Gasteiger partial charge in [0.15, 0.2) is 0 Å². The average molecular weight is 435 g/mol. The molecule has 2 amide bonds. The Balaban J connectivity index is 2.07. The van der Waals surface area contributed by atoms with Gasteiger partial charge in [-0.15, -0.1) is 0 Å². The molecule has 0 spiro atoms. The summed E-state index contributed by atoms with van der Waals surface area (Å²) in [5, 5.41) is 5.87. The van der Waals surface area contributed by atoms with Gasteiger partial charge in [-0.3, -0.25) is 9.59 Å². The highest BCUT2D eigenvalue weighted by Crippen LogP contribution is 2.17. The van der Waals surface area contributed by atoms with Crippen molar-refractivity contribution in [1.29, 1.82) is 0 Å². The lowest BCUT2D eigenvalue weighted by atomic mass is 10.1. The van der Waals surface area contributed by atoms with Crippen molar-refractivity contribution in [2.45, 2.75) is 25.4 Å². The largest absolute Gasteiger partial charge is 0.348 e. The minimum atomic E-state index is -0.576. The van der Waals surface area contributed by atoms with Crippen molar-refractivity contribution in [1.82, 2.24) is 10.6 Å². The number of amides is 2. The van der Waals surface area contributed by atoms with Crippen LogP contribution in [0.4, 0.5) is 0 Å². The number of rotatable bonds is 8. The summed E-state index contributed by atoms with van der Waals surface area (Å²) in [7, 11) is 0. The highest BCUT2D eigenvalue weighted by atomic mass is 79.9. The van der Waals surface area contributed by atoms with Crippen molar-refractivity contribution in [3.8, 4) is 0 Å². The first-order valence-corrected chi connectivity index (χ1v) is 10.6. The molecule has 0 aromatic heterocycles. The molecule has 0 radical (unpaired) electrons. The summed E-state index contributed by atoms with van der Waals surface area (Å²) >= 11 is 5.03. The van der Waals surface area contributed by atoms with Crippen molar-refractivity contribution >= 4 is 39.5 Å². The molecule has 0 aliphatic carbocycles. The summed E-state index contributed by atoms with van der Waals surface area (Å²) in [6.07, 6.45) is 2.56. The van der Waals surface area contributed by atoms with Gasteiger partial charge in [-0.05, 0) is 59.0 Å². The van der Waals surface area contributed by atoms with E-state index >= 15 is 0 Å². The van der Waals surface area contributed by atoms with Crippen LogP contribution in [0.3, 0.4) is 0 Å². The lowest BCUT2D eigenvalue weighted by molar-refractivity contribution is -0.123. The Bertz CT molecular complexity index is 740. The van der Waals surface area contributed by atoms with Gasteiger partial charge in [0.05, 0.1) is 11.6 Å². The van der Waals surface area contributed by atoms with Crippen molar-refractivity contribution in [2.24, 2.45) is 0 Å². The minimum absolute atomic E-state index is 0.124. The van der Waals surface area contributed by atoms with Crippen LogP contribution in [0.5, 0.6) is 0 Å². The summed E-state index contributed by atoms with van der Waals surface area (Å²) in [6.45, 7) is 1.94. The van der Waals surface area contributed by atoms with Crippen LogP contribution in [0, 0.1) is 0 Å². The van der Waals surface area contributed by atoms with Crippen molar-refractivity contribution in [3.63, 3.8) is 0 Å². The molecule has 2 atom stereocenters. The molecule has 0 fully saturated rings. The van der Waals surface area contributed by atoms with Gasteiger partial charge >= 0.3 is 0 Å². The zero-order chi connectivity index (χ0) is 18.9. The average Bonchev–Trinajstić information content (AvgIpc) is 2.65. The molecule has 6 heteroatoms. The van der Waals surface area contributed by atoms with E-state index in [1.165, 1.54) is 0 Å². The fourth-order valence-electron chi connectivity index (χ4n) is 2.52. The van der Waals surface area contributed by atoms with Gasteiger partial charge < -0.3 is 10.6 Å². The Kier molecular flexibility index (Phi) is 8.19. The maximum atomic E-state index is 12.7. The van der Waals surface area contributed by atoms with E-state index in [1.807, 2.05) is 55.6 Å². The molecule has 2 rings (SSSR count). The van der Waals surface area contributed by atoms with Crippen LogP contribution in [-0.2, 0) is 4.79 Å². The lowest BCUT2D eigenvalue weighted by Crippen LogP contribution is -2.47. The second-order valence-electron chi connectivity index (χ2n) is 5.93. The third kappa shape index (κ3) is 5.88. The Morgan fingerprint density at radius 1 is 1.04 bits per heavy atom. The monoisotopic (exact) mass is 434 g/mol. The van der Waals surface area contributed by atoms with E-state index < -0.39 is 6.04 Å². The second kappa shape index (κ2) is 10.4. The number of hydrogen-bond donors (Lipinski definition) is 2. The standard InChI is InChI=1S/C20H23BrN2O2S/c1-14(15-8-4-3-5-9-15)22-20(25)18(12-13-26-2)23-19(24)16-10-6-7-11-17(16)21/h3-11,14,18H,12-13H2,1-2H3,(H,22,25)(H,23,24). The van der Waals surface area contributed by atoms with E-state index in [9.17, 15) is 9.59 Å². The number of carbonyl (C=O) groups is 2. The third-order valence-electron chi connectivity index (χ3n) is 4.01. The van der Waals surface area contributed by atoms with E-state index in [0.717, 1.165) is 11.3 Å². The SMILES string of the molecule is CSCCC(NC(=O)c1ccccc1Br)C(=O)NC(C)c1ccccc1. The van der Waals surface area contributed by atoms with Crippen LogP contribution in [0.1, 0.15) is 35.3 Å². The molecule has 0 saturated heterocycles. The summed E-state index contributed by atoms with van der Waals surface area (Å²) in [5.41, 5.74) is 1.55. The van der Waals surface area contributed by atoms with Crippen LogP contribution in [0.25, 0.3) is 0 Å². The van der Waals surface area contributed by atoms with Crippen LogP contribution in [0.2, 0.25) is 0 Å². The molecule has 26 heavy (non-hydrogen) atoms. The summed E-state index contributed by atoms with van der Waals surface area (Å²) in [6, 6.07) is 16.3. The Morgan fingerprint density at radius 2 is 1.69 bits per heavy atom. The number of benzene rings is 2. The zero-order valence-electron chi connectivity index (χ0n) is 14.9. The van der Waals surface area contributed by atoms with Crippen molar-refractivity contribution < 1.29 is 9.59 Å². The van der Waals surface area contributed by atoms with Crippen LogP contribution >= 0.6 is 27.7 Å². The first-order chi connectivity index (χ1) is 12.5. The topological polar surface area (TPSA) is 58.2 Å². The van der Waals surface area contributed by atoms with E-state index in [4.69, 9.17) is 0 Å². The van der Waals surface area contributed by atoms with Gasteiger partial charge in [0.2, 0.25) is 5.91 Å². The fourth-order valence-corrected chi connectivity index (χ4v) is 3.46. The number of nitrogens with one attached hydrogen (secondary N) is 2. The second-order valence-corrected chi connectivity index (χ2v) is 7.77. The molecule has 2 N–H and O–H groups in total. The molecule has 2 aromatic rings. The fraction of sp³-hybridized carbons (Fsp3) is 0.300. The molecule has 0 heterocycles. The van der Waals surface area contributed by atoms with Gasteiger partial charge in [0, 0.05) is 4.47 Å². The van der Waals surface area contributed by atoms with Gasteiger partial charge in [-0.25, -0.2) is 0 Å². The molecule has 138 valence electrons. The molecule has 0 aliphatic rings. The molecule has 2 aromatic carbocycles. The Labute approximate surface area is 167 Å². The molecule has 0 bridgehead atoms. The highest BCUT2D eigenvalue weighted by Gasteiger charge is 2.23. The zero-order valence-corrected chi connectivity index (χ0v) is 17.3. The smallest absolute Gasteiger partial charge is 0.253 e. The van der Waals surface area contributed by atoms with Crippen molar-refractivity contribution in [3.05, 3.63) is 70.2 Å². The van der Waals surface area contributed by atoms with E-state index in [-0.39, 0.29) is 17.9 Å². The van der Waals surface area contributed by atoms with Crippen LogP contribution < -0.4 is 10.6 Å².